The van der Waals surface area contributed by atoms with E-state index in [-0.39, 0.29) is 43.9 Å². The summed E-state index contributed by atoms with van der Waals surface area (Å²) in [5.74, 6) is -2.58. The van der Waals surface area contributed by atoms with Crippen LogP contribution >= 0.6 is 0 Å². The van der Waals surface area contributed by atoms with Crippen molar-refractivity contribution >= 4 is 5.97 Å². The van der Waals surface area contributed by atoms with Crippen molar-refractivity contribution in [3.63, 3.8) is 0 Å². The minimum Gasteiger partial charge on any atom is -0.459 e. The Balaban J connectivity index is 0.00000210. The molecule has 3 aliphatic rings. The number of esters is 1. The molecular formula is C41H80N2O14. The van der Waals surface area contributed by atoms with Gasteiger partial charge in [-0.05, 0) is 102 Å². The van der Waals surface area contributed by atoms with Gasteiger partial charge in [-0.25, -0.2) is 0 Å². The molecule has 3 saturated heterocycles. The number of hydrogen-bond acceptors (Lipinski definition) is 16. The minimum atomic E-state index is -1.80. The SMILES string of the molecule is CC(O)CO.CC[C@H]1OC(=O)[C@H](C)[C@@H](OC2C[C@@](C)(OC)[C@@H](O)[C@H](C)O2)[C@H](C)[C@@H](O[C@@H]2O[C@H](C)C[C@H](N(C)C)[C@H]2O)[C@](C)(O)C[C@H](C)CN(C)[C@H](C)[C@@H](O)[C@]1(C)O. The number of aliphatic hydroxyl groups excluding tert-OH is 5. The Morgan fingerprint density at radius 1 is 0.965 bits per heavy atom. The second kappa shape index (κ2) is 21.6. The molecule has 19 atom stereocenters. The number of hydrogen-bond donors (Lipinski definition) is 7. The van der Waals surface area contributed by atoms with Crippen LogP contribution in [0.2, 0.25) is 0 Å². The van der Waals surface area contributed by atoms with Gasteiger partial charge in [0.05, 0.1) is 54.2 Å². The van der Waals surface area contributed by atoms with Crippen molar-refractivity contribution in [3.05, 3.63) is 0 Å². The molecule has 57 heavy (non-hydrogen) atoms. The van der Waals surface area contributed by atoms with Gasteiger partial charge in [0.15, 0.2) is 12.6 Å². The molecule has 0 saturated carbocycles. The number of aliphatic hydroxyl groups is 7. The van der Waals surface area contributed by atoms with Crippen LogP contribution in [-0.4, -0.2) is 189 Å². The molecule has 0 bridgehead atoms. The number of carbonyl (C=O) groups excluding carboxylic acids is 1. The molecule has 3 heterocycles. The number of likely N-dealkylation sites (N-methyl/N-ethyl adjacent to an activating group) is 2. The minimum absolute atomic E-state index is 0.133. The highest BCUT2D eigenvalue weighted by Crippen LogP contribution is 2.40. The predicted molar refractivity (Wildman–Crippen MR) is 213 cm³/mol. The molecule has 3 fully saturated rings. The lowest BCUT2D eigenvalue weighted by Gasteiger charge is -2.48. The van der Waals surface area contributed by atoms with Crippen molar-refractivity contribution < 1.29 is 69.0 Å². The van der Waals surface area contributed by atoms with E-state index in [0.29, 0.717) is 13.0 Å². The van der Waals surface area contributed by atoms with E-state index in [1.807, 2.05) is 51.7 Å². The van der Waals surface area contributed by atoms with Gasteiger partial charge in [-0.2, -0.15) is 0 Å². The fraction of sp³-hybridized carbons (Fsp3) is 0.976. The highest BCUT2D eigenvalue weighted by atomic mass is 16.7. The van der Waals surface area contributed by atoms with E-state index in [4.69, 9.17) is 38.6 Å². The molecule has 7 N–H and O–H groups in total. The van der Waals surface area contributed by atoms with Crippen LogP contribution in [0.15, 0.2) is 0 Å². The topological polar surface area (TPSA) is 221 Å². The second-order valence-corrected chi connectivity index (χ2v) is 18.2. The molecule has 0 aliphatic carbocycles. The van der Waals surface area contributed by atoms with Crippen LogP contribution < -0.4 is 0 Å². The Kier molecular flexibility index (Phi) is 19.7. The zero-order valence-corrected chi connectivity index (χ0v) is 37.4. The van der Waals surface area contributed by atoms with E-state index in [1.165, 1.54) is 21.0 Å². The third-order valence-corrected chi connectivity index (χ3v) is 12.5. The Bertz CT molecular complexity index is 1210. The van der Waals surface area contributed by atoms with Gasteiger partial charge >= 0.3 is 5.97 Å². The summed E-state index contributed by atoms with van der Waals surface area (Å²) in [6.07, 6.45) is -8.75. The summed E-state index contributed by atoms with van der Waals surface area (Å²) in [5.41, 5.74) is -4.37. The van der Waals surface area contributed by atoms with E-state index >= 15 is 0 Å². The number of nitrogens with zero attached hydrogens (tertiary/aromatic N) is 2. The summed E-state index contributed by atoms with van der Waals surface area (Å²) in [6.45, 7) is 19.4. The first-order valence-electron chi connectivity index (χ1n) is 20.7. The number of methoxy groups -OCH3 is 1. The maximum Gasteiger partial charge on any atom is 0.311 e. The molecule has 16 nitrogen and oxygen atoms in total. The monoisotopic (exact) mass is 825 g/mol. The van der Waals surface area contributed by atoms with Crippen molar-refractivity contribution in [3.8, 4) is 0 Å². The molecule has 3 aliphatic heterocycles. The molecule has 338 valence electrons. The maximum absolute atomic E-state index is 14.2. The molecule has 16 heteroatoms. The number of carbonyl (C=O) groups is 1. The summed E-state index contributed by atoms with van der Waals surface area (Å²) < 4.78 is 37.5. The van der Waals surface area contributed by atoms with Crippen LogP contribution in [-0.2, 0) is 33.2 Å². The van der Waals surface area contributed by atoms with Crippen molar-refractivity contribution in [2.24, 2.45) is 17.8 Å². The molecule has 0 aromatic rings. The smallest absolute Gasteiger partial charge is 0.311 e. The zero-order valence-electron chi connectivity index (χ0n) is 37.4. The highest BCUT2D eigenvalue weighted by molar-refractivity contribution is 5.73. The summed E-state index contributed by atoms with van der Waals surface area (Å²) in [4.78, 5) is 18.0. The third kappa shape index (κ3) is 13.2. The highest BCUT2D eigenvalue weighted by Gasteiger charge is 2.52. The Morgan fingerprint density at radius 3 is 2.05 bits per heavy atom. The molecule has 0 aromatic heterocycles. The second-order valence-electron chi connectivity index (χ2n) is 18.2. The van der Waals surface area contributed by atoms with E-state index in [1.54, 1.807) is 41.5 Å². The van der Waals surface area contributed by atoms with Crippen molar-refractivity contribution in [2.45, 2.75) is 198 Å². The molecule has 0 amide bonds. The first kappa shape index (κ1) is 52.0. The summed E-state index contributed by atoms with van der Waals surface area (Å²) >= 11 is 0. The molecule has 0 aromatic carbocycles. The van der Waals surface area contributed by atoms with Gasteiger partial charge in [0.25, 0.3) is 0 Å². The van der Waals surface area contributed by atoms with Crippen LogP contribution in [0.25, 0.3) is 0 Å². The standard InChI is InChI=1S/C38H72N2O12.C3H8O2/c1-15-27-38(10,46)31(42)24(6)40(13)19-20(2)17-36(8,45)33(52-35-29(41)26(39(11)12)16-21(3)48-35)22(4)30(23(5)34(44)50-27)51-28-18-37(9,47-14)32(43)25(7)49-28;1-3(5)2-4/h20-33,35,41-43,45-46H,15-19H2,1-14H3;3-5H,2H2,1H3/t20-,21+,22-,23+,24+,25-,26-,27+,28?,29+,30-,31+,32-,33+,35-,36+,37+,38+;/m0./s1. The fourth-order valence-corrected chi connectivity index (χ4v) is 8.74. The van der Waals surface area contributed by atoms with Crippen LogP contribution in [0.5, 0.6) is 0 Å². The van der Waals surface area contributed by atoms with Crippen molar-refractivity contribution in [1.29, 1.82) is 0 Å². The predicted octanol–water partition coefficient (Wildman–Crippen LogP) is 1.26. The van der Waals surface area contributed by atoms with Crippen LogP contribution in [0.4, 0.5) is 0 Å². The number of rotatable bonds is 8. The van der Waals surface area contributed by atoms with E-state index in [0.717, 1.165) is 0 Å². The molecular weight excluding hydrogens is 744 g/mol. The van der Waals surface area contributed by atoms with Crippen LogP contribution in [0.1, 0.15) is 102 Å². The lowest BCUT2D eigenvalue weighted by Crippen LogP contribution is -2.60. The van der Waals surface area contributed by atoms with Gasteiger partial charge in [-0.3, -0.25) is 4.79 Å². The molecule has 3 rings (SSSR count). The number of ether oxygens (including phenoxy) is 6. The van der Waals surface area contributed by atoms with Crippen LogP contribution in [0.3, 0.4) is 0 Å². The van der Waals surface area contributed by atoms with Gasteiger partial charge in [0, 0.05) is 38.1 Å². The first-order chi connectivity index (χ1) is 26.2. The lowest BCUT2D eigenvalue weighted by molar-refractivity contribution is -0.318. The first-order valence-corrected chi connectivity index (χ1v) is 20.7. The Morgan fingerprint density at radius 2 is 1.54 bits per heavy atom. The van der Waals surface area contributed by atoms with E-state index in [9.17, 15) is 30.3 Å². The van der Waals surface area contributed by atoms with Gasteiger partial charge < -0.3 is 74.0 Å². The zero-order chi connectivity index (χ0) is 44.0. The fourth-order valence-electron chi connectivity index (χ4n) is 8.74. The third-order valence-electron chi connectivity index (χ3n) is 12.5. The van der Waals surface area contributed by atoms with E-state index < -0.39 is 102 Å². The van der Waals surface area contributed by atoms with Gasteiger partial charge in [0.2, 0.25) is 0 Å². The van der Waals surface area contributed by atoms with Crippen LogP contribution in [0, 0.1) is 17.8 Å². The van der Waals surface area contributed by atoms with Gasteiger partial charge in [-0.15, -0.1) is 0 Å². The van der Waals surface area contributed by atoms with Gasteiger partial charge in [-0.1, -0.05) is 20.8 Å². The summed E-state index contributed by atoms with van der Waals surface area (Å²) in [7, 11) is 7.12. The van der Waals surface area contributed by atoms with Crippen molar-refractivity contribution in [1.82, 2.24) is 9.80 Å². The summed E-state index contributed by atoms with van der Waals surface area (Å²) in [6, 6.07) is -0.808. The molecule has 0 spiro atoms. The Hall–Kier alpha value is -1.09. The largest absolute Gasteiger partial charge is 0.459 e. The molecule has 2 unspecified atom stereocenters. The number of cyclic esters (lactones) is 1. The average molecular weight is 825 g/mol. The maximum atomic E-state index is 14.2. The van der Waals surface area contributed by atoms with Gasteiger partial charge in [0.1, 0.15) is 30.0 Å². The molecule has 0 radical (unpaired) electrons. The average Bonchev–Trinajstić information content (AvgIpc) is 3.12. The summed E-state index contributed by atoms with van der Waals surface area (Å²) in [5, 5.41) is 74.1. The normalized spacial score (nSPS) is 46.6. The quantitative estimate of drug-likeness (QED) is 0.171. The van der Waals surface area contributed by atoms with E-state index in [2.05, 4.69) is 0 Å². The lowest BCUT2D eigenvalue weighted by atomic mass is 9.77. The van der Waals surface area contributed by atoms with Crippen molar-refractivity contribution in [2.75, 3.05) is 41.4 Å². The Labute approximate surface area is 341 Å².